The van der Waals surface area contributed by atoms with Crippen LogP contribution in [0.2, 0.25) is 0 Å². The number of likely N-dealkylation sites (tertiary alicyclic amines) is 2. The quantitative estimate of drug-likeness (QED) is 0.398. The van der Waals surface area contributed by atoms with Gasteiger partial charge in [-0.1, -0.05) is 0 Å². The number of aromatic nitrogens is 1. The third kappa shape index (κ3) is 5.40. The fourth-order valence-corrected chi connectivity index (χ4v) is 4.68. The van der Waals surface area contributed by atoms with Crippen molar-refractivity contribution in [2.45, 2.75) is 37.1 Å². The van der Waals surface area contributed by atoms with Crippen LogP contribution in [0.15, 0.2) is 34.4 Å². The van der Waals surface area contributed by atoms with E-state index >= 15 is 0 Å². The minimum absolute atomic E-state index is 0.175. The maximum Gasteiger partial charge on any atom is 0.242 e. The van der Waals surface area contributed by atoms with Crippen LogP contribution in [0.25, 0.3) is 0 Å². The number of rotatable bonds is 7. The van der Waals surface area contributed by atoms with Crippen LogP contribution in [0, 0.1) is 0 Å². The highest BCUT2D eigenvalue weighted by atomic mass is 32.2. The number of hydrogen-bond acceptors (Lipinski definition) is 5. The van der Waals surface area contributed by atoms with Crippen LogP contribution in [0.5, 0.6) is 0 Å². The summed E-state index contributed by atoms with van der Waals surface area (Å²) in [5.41, 5.74) is 0. The molecule has 1 aromatic heterocycles. The number of sulfonamides is 1. The summed E-state index contributed by atoms with van der Waals surface area (Å²) in [6.07, 6.45) is 6.68. The largest absolute Gasteiger partial charge is 0.357 e. The fourth-order valence-electron chi connectivity index (χ4n) is 3.70. The minimum atomic E-state index is -3.53. The molecular weight excluding hydrogens is 364 g/mol. The van der Waals surface area contributed by atoms with Crippen molar-refractivity contribution in [1.82, 2.24) is 24.8 Å². The van der Waals surface area contributed by atoms with Gasteiger partial charge >= 0.3 is 0 Å². The highest BCUT2D eigenvalue weighted by Gasteiger charge is 2.30. The molecule has 150 valence electrons. The van der Waals surface area contributed by atoms with Crippen LogP contribution >= 0.6 is 0 Å². The van der Waals surface area contributed by atoms with E-state index in [0.717, 1.165) is 32.0 Å². The molecule has 9 heteroatoms. The van der Waals surface area contributed by atoms with Gasteiger partial charge in [0.05, 0.1) is 6.54 Å². The molecule has 2 fully saturated rings. The lowest BCUT2D eigenvalue weighted by Crippen LogP contribution is -2.43. The molecule has 1 atom stereocenters. The number of aliphatic imine (C=N–C) groups is 1. The molecule has 2 aliphatic heterocycles. The van der Waals surface area contributed by atoms with Gasteiger partial charge in [-0.25, -0.2) is 13.1 Å². The summed E-state index contributed by atoms with van der Waals surface area (Å²) in [6.45, 7) is 7.91. The molecular formula is C18H30N6O2S. The molecule has 2 N–H and O–H groups in total. The Morgan fingerprint density at radius 1 is 1.33 bits per heavy atom. The summed E-state index contributed by atoms with van der Waals surface area (Å²) < 4.78 is 27.0. The van der Waals surface area contributed by atoms with Crippen molar-refractivity contribution in [3.63, 3.8) is 0 Å². The molecule has 3 heterocycles. The van der Waals surface area contributed by atoms with Crippen molar-refractivity contribution in [3.8, 4) is 0 Å². The second-order valence-electron chi connectivity index (χ2n) is 6.95. The number of pyridine rings is 1. The van der Waals surface area contributed by atoms with Gasteiger partial charge < -0.3 is 10.2 Å². The van der Waals surface area contributed by atoms with E-state index in [1.54, 1.807) is 12.3 Å². The van der Waals surface area contributed by atoms with E-state index in [1.165, 1.54) is 38.2 Å². The van der Waals surface area contributed by atoms with Crippen LogP contribution in [0.3, 0.4) is 0 Å². The molecule has 0 saturated carbocycles. The van der Waals surface area contributed by atoms with E-state index < -0.39 is 10.0 Å². The normalized spacial score (nSPS) is 21.7. The molecule has 0 aliphatic carbocycles. The van der Waals surface area contributed by atoms with Crippen LogP contribution in [0.4, 0.5) is 0 Å². The van der Waals surface area contributed by atoms with Crippen LogP contribution < -0.4 is 10.0 Å². The Labute approximate surface area is 162 Å². The van der Waals surface area contributed by atoms with Gasteiger partial charge in [0, 0.05) is 44.6 Å². The third-order valence-electron chi connectivity index (χ3n) is 5.07. The Bertz CT molecular complexity index is 719. The predicted octanol–water partition coefficient (Wildman–Crippen LogP) is 0.496. The van der Waals surface area contributed by atoms with Gasteiger partial charge in [0.15, 0.2) is 5.96 Å². The number of nitrogens with one attached hydrogen (secondary N) is 2. The lowest BCUT2D eigenvalue weighted by Gasteiger charge is -2.25. The van der Waals surface area contributed by atoms with Crippen LogP contribution in [-0.4, -0.2) is 81.0 Å². The molecule has 1 aromatic rings. The second-order valence-corrected chi connectivity index (χ2v) is 8.72. The van der Waals surface area contributed by atoms with Crippen molar-refractivity contribution >= 4 is 16.0 Å². The van der Waals surface area contributed by atoms with Crippen molar-refractivity contribution in [2.24, 2.45) is 4.99 Å². The summed E-state index contributed by atoms with van der Waals surface area (Å²) >= 11 is 0. The summed E-state index contributed by atoms with van der Waals surface area (Å²) in [7, 11) is -3.53. The highest BCUT2D eigenvalue weighted by Crippen LogP contribution is 2.20. The zero-order chi connectivity index (χ0) is 19.1. The lowest BCUT2D eigenvalue weighted by atomic mass is 10.2. The van der Waals surface area contributed by atoms with E-state index in [1.807, 2.05) is 0 Å². The smallest absolute Gasteiger partial charge is 0.242 e. The van der Waals surface area contributed by atoms with Gasteiger partial charge in [0.2, 0.25) is 10.0 Å². The zero-order valence-electron chi connectivity index (χ0n) is 16.0. The van der Waals surface area contributed by atoms with E-state index in [2.05, 4.69) is 36.7 Å². The maximum absolute atomic E-state index is 12.2. The van der Waals surface area contributed by atoms with Gasteiger partial charge in [0.25, 0.3) is 0 Å². The first-order valence-corrected chi connectivity index (χ1v) is 11.3. The first-order chi connectivity index (χ1) is 13.1. The molecule has 1 unspecified atom stereocenters. The SMILES string of the molecule is CCNC(=NCCNS(=O)(=O)c1cccnc1)N1CCC(N2CCCC2)C1. The maximum atomic E-state index is 12.2. The molecule has 0 spiro atoms. The van der Waals surface area contributed by atoms with E-state index in [0.29, 0.717) is 12.6 Å². The van der Waals surface area contributed by atoms with E-state index in [4.69, 9.17) is 0 Å². The molecule has 0 amide bonds. The number of hydrogen-bond donors (Lipinski definition) is 2. The molecule has 0 aromatic carbocycles. The molecule has 0 radical (unpaired) electrons. The monoisotopic (exact) mass is 394 g/mol. The van der Waals surface area contributed by atoms with Crippen molar-refractivity contribution < 1.29 is 8.42 Å². The summed E-state index contributed by atoms with van der Waals surface area (Å²) in [5.74, 6) is 0.875. The summed E-state index contributed by atoms with van der Waals surface area (Å²) in [5, 5.41) is 3.34. The zero-order valence-corrected chi connectivity index (χ0v) is 16.8. The molecule has 0 bridgehead atoms. The van der Waals surface area contributed by atoms with Gasteiger partial charge in [0.1, 0.15) is 4.90 Å². The van der Waals surface area contributed by atoms with Crippen molar-refractivity contribution in [1.29, 1.82) is 0 Å². The molecule has 8 nitrogen and oxygen atoms in total. The molecule has 27 heavy (non-hydrogen) atoms. The fraction of sp³-hybridized carbons (Fsp3) is 0.667. The van der Waals surface area contributed by atoms with E-state index in [9.17, 15) is 8.42 Å². The Morgan fingerprint density at radius 2 is 2.15 bits per heavy atom. The Balaban J connectivity index is 1.52. The lowest BCUT2D eigenvalue weighted by molar-refractivity contribution is 0.249. The predicted molar refractivity (Wildman–Crippen MR) is 106 cm³/mol. The minimum Gasteiger partial charge on any atom is -0.357 e. The average molecular weight is 395 g/mol. The Kier molecular flexibility index (Phi) is 7.03. The molecule has 3 rings (SSSR count). The third-order valence-corrected chi connectivity index (χ3v) is 6.51. The van der Waals surface area contributed by atoms with Crippen LogP contribution in [0.1, 0.15) is 26.2 Å². The Morgan fingerprint density at radius 3 is 2.85 bits per heavy atom. The summed E-state index contributed by atoms with van der Waals surface area (Å²) in [6, 6.07) is 3.76. The average Bonchev–Trinajstić information content (AvgIpc) is 3.36. The number of nitrogens with zero attached hydrogens (tertiary/aromatic N) is 4. The topological polar surface area (TPSA) is 89.9 Å². The van der Waals surface area contributed by atoms with Gasteiger partial charge in [-0.05, 0) is 51.4 Å². The first-order valence-electron chi connectivity index (χ1n) is 9.77. The highest BCUT2D eigenvalue weighted by molar-refractivity contribution is 7.89. The number of guanidine groups is 1. The van der Waals surface area contributed by atoms with Crippen molar-refractivity contribution in [3.05, 3.63) is 24.5 Å². The Hall–Kier alpha value is -1.71. The first kappa shape index (κ1) is 20.0. The summed E-state index contributed by atoms with van der Waals surface area (Å²) in [4.78, 5) is 13.5. The second kappa shape index (κ2) is 9.48. The van der Waals surface area contributed by atoms with Gasteiger partial charge in [-0.15, -0.1) is 0 Å². The molecule has 2 saturated heterocycles. The van der Waals surface area contributed by atoms with E-state index in [-0.39, 0.29) is 11.4 Å². The van der Waals surface area contributed by atoms with Crippen LogP contribution in [-0.2, 0) is 10.0 Å². The molecule has 2 aliphatic rings. The van der Waals surface area contributed by atoms with Gasteiger partial charge in [-0.2, -0.15) is 0 Å². The van der Waals surface area contributed by atoms with Gasteiger partial charge in [-0.3, -0.25) is 14.9 Å². The standard InChI is InChI=1S/C18H30N6O2S/c1-2-20-18(24-13-7-16(15-24)23-11-3-4-12-23)21-9-10-22-27(25,26)17-6-5-8-19-14-17/h5-6,8,14,16,22H,2-4,7,9-13,15H2,1H3,(H,20,21). The van der Waals surface area contributed by atoms with Crippen molar-refractivity contribution in [2.75, 3.05) is 45.8 Å².